The standard InChI is InChI=1S/C11H19NO5/c1-16-4-5-17-7-10(13)12-9(11(14)15)6-8-2-3-8/h8-9H,2-7H2,1H3,(H,12,13)(H,14,15)/t9-/m0/s1. The zero-order chi connectivity index (χ0) is 12.7. The normalized spacial score (nSPS) is 16.5. The monoisotopic (exact) mass is 245 g/mol. The number of hydrogen-bond acceptors (Lipinski definition) is 4. The van der Waals surface area contributed by atoms with E-state index < -0.39 is 17.9 Å². The summed E-state index contributed by atoms with van der Waals surface area (Å²) >= 11 is 0. The molecule has 0 bridgehead atoms. The second-order valence-corrected chi connectivity index (χ2v) is 4.18. The molecule has 1 aliphatic carbocycles. The fourth-order valence-corrected chi connectivity index (χ4v) is 1.45. The van der Waals surface area contributed by atoms with Crippen LogP contribution >= 0.6 is 0 Å². The molecule has 1 atom stereocenters. The Morgan fingerprint density at radius 1 is 1.41 bits per heavy atom. The molecule has 6 nitrogen and oxygen atoms in total. The van der Waals surface area contributed by atoms with Crippen molar-refractivity contribution in [3.8, 4) is 0 Å². The van der Waals surface area contributed by atoms with Crippen molar-refractivity contribution in [3.05, 3.63) is 0 Å². The molecule has 0 radical (unpaired) electrons. The molecule has 1 saturated carbocycles. The molecule has 0 unspecified atom stereocenters. The number of carbonyl (C=O) groups excluding carboxylic acids is 1. The molecule has 98 valence electrons. The van der Waals surface area contributed by atoms with Crippen LogP contribution in [0.3, 0.4) is 0 Å². The van der Waals surface area contributed by atoms with Crippen LogP contribution in [-0.2, 0) is 19.1 Å². The number of ether oxygens (including phenoxy) is 2. The summed E-state index contributed by atoms with van der Waals surface area (Å²) < 4.78 is 9.76. The van der Waals surface area contributed by atoms with Gasteiger partial charge in [-0.25, -0.2) is 4.79 Å². The summed E-state index contributed by atoms with van der Waals surface area (Å²) in [5.41, 5.74) is 0. The number of carboxylic acid groups (broad SMARTS) is 1. The van der Waals surface area contributed by atoms with Crippen LogP contribution in [0.25, 0.3) is 0 Å². The highest BCUT2D eigenvalue weighted by Crippen LogP contribution is 2.33. The van der Waals surface area contributed by atoms with Gasteiger partial charge in [-0.05, 0) is 12.3 Å². The van der Waals surface area contributed by atoms with Crippen molar-refractivity contribution in [1.82, 2.24) is 5.32 Å². The molecule has 6 heteroatoms. The van der Waals surface area contributed by atoms with Crippen molar-refractivity contribution < 1.29 is 24.2 Å². The van der Waals surface area contributed by atoms with Crippen LogP contribution < -0.4 is 5.32 Å². The summed E-state index contributed by atoms with van der Waals surface area (Å²) in [4.78, 5) is 22.3. The quantitative estimate of drug-likeness (QED) is 0.559. The second kappa shape index (κ2) is 7.24. The minimum atomic E-state index is -0.984. The number of methoxy groups -OCH3 is 1. The SMILES string of the molecule is COCCOCC(=O)N[C@@H](CC1CC1)C(=O)O. The van der Waals surface area contributed by atoms with Gasteiger partial charge in [0.15, 0.2) is 0 Å². The molecular weight excluding hydrogens is 226 g/mol. The Kier molecular flexibility index (Phi) is 5.93. The summed E-state index contributed by atoms with van der Waals surface area (Å²) in [6, 6.07) is -0.791. The summed E-state index contributed by atoms with van der Waals surface area (Å²) in [7, 11) is 1.54. The molecule has 2 N–H and O–H groups in total. The van der Waals surface area contributed by atoms with Gasteiger partial charge in [0.25, 0.3) is 0 Å². The van der Waals surface area contributed by atoms with Crippen LogP contribution in [0, 0.1) is 5.92 Å². The molecule has 0 spiro atoms. The van der Waals surface area contributed by atoms with Crippen molar-refractivity contribution in [2.24, 2.45) is 5.92 Å². The Hall–Kier alpha value is -1.14. The van der Waals surface area contributed by atoms with E-state index >= 15 is 0 Å². The average molecular weight is 245 g/mol. The molecule has 1 aliphatic rings. The number of hydrogen-bond donors (Lipinski definition) is 2. The van der Waals surface area contributed by atoms with Crippen LogP contribution in [0.1, 0.15) is 19.3 Å². The largest absolute Gasteiger partial charge is 0.480 e. The molecule has 0 saturated heterocycles. The Balaban J connectivity index is 2.18. The van der Waals surface area contributed by atoms with Gasteiger partial charge in [0.05, 0.1) is 13.2 Å². The third-order valence-corrected chi connectivity index (χ3v) is 2.56. The fraction of sp³-hybridized carbons (Fsp3) is 0.818. The molecule has 0 aromatic heterocycles. The highest BCUT2D eigenvalue weighted by molar-refractivity contribution is 5.84. The number of carbonyl (C=O) groups is 2. The maximum Gasteiger partial charge on any atom is 0.326 e. The van der Waals surface area contributed by atoms with Crippen LogP contribution in [0.5, 0.6) is 0 Å². The first-order valence-electron chi connectivity index (χ1n) is 5.72. The maximum absolute atomic E-state index is 11.4. The van der Waals surface area contributed by atoms with Crippen LogP contribution in [0.15, 0.2) is 0 Å². The summed E-state index contributed by atoms with van der Waals surface area (Å²) in [5, 5.41) is 11.4. The summed E-state index contributed by atoms with van der Waals surface area (Å²) in [6.45, 7) is 0.611. The van der Waals surface area contributed by atoms with Gasteiger partial charge < -0.3 is 19.9 Å². The average Bonchev–Trinajstić information content (AvgIpc) is 3.07. The Morgan fingerprint density at radius 2 is 2.12 bits per heavy atom. The highest BCUT2D eigenvalue weighted by atomic mass is 16.5. The van der Waals surface area contributed by atoms with E-state index in [1.165, 1.54) is 0 Å². The maximum atomic E-state index is 11.4. The zero-order valence-electron chi connectivity index (χ0n) is 9.98. The van der Waals surface area contributed by atoms with Crippen LogP contribution in [-0.4, -0.2) is 50.0 Å². The van der Waals surface area contributed by atoms with Gasteiger partial charge in [0.2, 0.25) is 5.91 Å². The molecule has 1 fully saturated rings. The molecule has 0 aromatic rings. The van der Waals surface area contributed by atoms with Gasteiger partial charge in [-0.1, -0.05) is 12.8 Å². The summed E-state index contributed by atoms with van der Waals surface area (Å²) in [5.74, 6) is -0.929. The van der Waals surface area contributed by atoms with E-state index in [1.54, 1.807) is 7.11 Å². The lowest BCUT2D eigenvalue weighted by Crippen LogP contribution is -2.42. The first-order chi connectivity index (χ1) is 8.13. The Bertz CT molecular complexity index is 265. The smallest absolute Gasteiger partial charge is 0.326 e. The third kappa shape index (κ3) is 6.23. The first-order valence-corrected chi connectivity index (χ1v) is 5.72. The lowest BCUT2D eigenvalue weighted by atomic mass is 10.1. The predicted octanol–water partition coefficient (Wildman–Crippen LogP) is 0.0189. The van der Waals surface area contributed by atoms with E-state index in [0.29, 0.717) is 25.6 Å². The third-order valence-electron chi connectivity index (χ3n) is 2.56. The topological polar surface area (TPSA) is 84.9 Å². The van der Waals surface area contributed by atoms with Gasteiger partial charge in [0.1, 0.15) is 12.6 Å². The number of carboxylic acids is 1. The van der Waals surface area contributed by atoms with Crippen molar-refractivity contribution in [1.29, 1.82) is 0 Å². The van der Waals surface area contributed by atoms with Gasteiger partial charge >= 0.3 is 5.97 Å². The van der Waals surface area contributed by atoms with Crippen LogP contribution in [0.2, 0.25) is 0 Å². The fourth-order valence-electron chi connectivity index (χ4n) is 1.45. The van der Waals surface area contributed by atoms with Crippen molar-refractivity contribution in [2.45, 2.75) is 25.3 Å². The number of aliphatic carboxylic acids is 1. The zero-order valence-corrected chi connectivity index (χ0v) is 9.98. The Labute approximate surface area is 100 Å². The van der Waals surface area contributed by atoms with E-state index in [2.05, 4.69) is 5.32 Å². The number of rotatable bonds is 9. The van der Waals surface area contributed by atoms with Crippen molar-refractivity contribution in [3.63, 3.8) is 0 Å². The van der Waals surface area contributed by atoms with Gasteiger partial charge in [-0.3, -0.25) is 4.79 Å². The first kappa shape index (κ1) is 13.9. The van der Waals surface area contributed by atoms with Crippen LogP contribution in [0.4, 0.5) is 0 Å². The van der Waals surface area contributed by atoms with E-state index in [0.717, 1.165) is 12.8 Å². The number of amides is 1. The van der Waals surface area contributed by atoms with Gasteiger partial charge in [-0.15, -0.1) is 0 Å². The molecule has 1 amide bonds. The minimum Gasteiger partial charge on any atom is -0.480 e. The molecule has 0 aliphatic heterocycles. The van der Waals surface area contributed by atoms with E-state index in [-0.39, 0.29) is 6.61 Å². The van der Waals surface area contributed by atoms with Crippen molar-refractivity contribution >= 4 is 11.9 Å². The lowest BCUT2D eigenvalue weighted by Gasteiger charge is -2.14. The molecular formula is C11H19NO5. The van der Waals surface area contributed by atoms with Crippen molar-refractivity contribution in [2.75, 3.05) is 26.9 Å². The minimum absolute atomic E-state index is 0.127. The van der Waals surface area contributed by atoms with E-state index in [9.17, 15) is 9.59 Å². The van der Waals surface area contributed by atoms with Gasteiger partial charge in [-0.2, -0.15) is 0 Å². The number of nitrogens with one attached hydrogen (secondary N) is 1. The Morgan fingerprint density at radius 3 is 2.65 bits per heavy atom. The molecule has 1 rings (SSSR count). The second-order valence-electron chi connectivity index (χ2n) is 4.18. The van der Waals surface area contributed by atoms with Gasteiger partial charge in [0, 0.05) is 7.11 Å². The summed E-state index contributed by atoms with van der Waals surface area (Å²) in [6.07, 6.45) is 2.63. The molecule has 17 heavy (non-hydrogen) atoms. The van der Waals surface area contributed by atoms with E-state index in [4.69, 9.17) is 14.6 Å². The lowest BCUT2D eigenvalue weighted by molar-refractivity contribution is -0.143. The highest BCUT2D eigenvalue weighted by Gasteiger charge is 2.30. The predicted molar refractivity (Wildman–Crippen MR) is 59.6 cm³/mol. The molecule has 0 aromatic carbocycles. The van der Waals surface area contributed by atoms with E-state index in [1.807, 2.05) is 0 Å². The molecule has 0 heterocycles.